The van der Waals surface area contributed by atoms with E-state index >= 15 is 0 Å². The van der Waals surface area contributed by atoms with E-state index in [1.807, 2.05) is 13.8 Å². The van der Waals surface area contributed by atoms with Gasteiger partial charge >= 0.3 is 6.18 Å². The molecule has 0 spiro atoms. The molecular formula is C26H32F5N5O3. The predicted octanol–water partition coefficient (Wildman–Crippen LogP) is 6.15. The second kappa shape index (κ2) is 13.0. The Hall–Kier alpha value is -3.51. The number of carbonyl (C=O) groups excluding carboxylic acids is 2. The van der Waals surface area contributed by atoms with E-state index in [0.717, 1.165) is 6.42 Å². The normalized spacial score (nSPS) is 15.1. The maximum absolute atomic E-state index is 12.4. The van der Waals surface area contributed by atoms with Gasteiger partial charge in [-0.3, -0.25) is 9.59 Å². The third-order valence-corrected chi connectivity index (χ3v) is 6.06. The van der Waals surface area contributed by atoms with Crippen LogP contribution in [0.25, 0.3) is 11.0 Å². The summed E-state index contributed by atoms with van der Waals surface area (Å²) in [5.74, 6) is -2.33. The Kier molecular flexibility index (Phi) is 10.0. The highest BCUT2D eigenvalue weighted by atomic mass is 19.4. The molecule has 2 amide bonds. The Morgan fingerprint density at radius 2 is 1.82 bits per heavy atom. The molecule has 1 fully saturated rings. The van der Waals surface area contributed by atoms with Crippen molar-refractivity contribution in [2.45, 2.75) is 89.9 Å². The van der Waals surface area contributed by atoms with E-state index in [1.54, 1.807) is 18.2 Å². The second-order valence-corrected chi connectivity index (χ2v) is 9.75. The average Bonchev–Trinajstić information content (AvgIpc) is 3.51. The van der Waals surface area contributed by atoms with Gasteiger partial charge in [-0.2, -0.15) is 13.2 Å². The molecule has 1 saturated carbocycles. The fraction of sp³-hybridized carbons (Fsp3) is 0.538. The van der Waals surface area contributed by atoms with E-state index in [9.17, 15) is 31.5 Å². The first-order valence-electron chi connectivity index (χ1n) is 12.7. The molecule has 2 aromatic heterocycles. The molecule has 0 aliphatic heterocycles. The van der Waals surface area contributed by atoms with E-state index in [2.05, 4.69) is 25.6 Å². The number of amides is 2. The number of benzene rings is 1. The molecule has 214 valence electrons. The van der Waals surface area contributed by atoms with Gasteiger partial charge in [0.15, 0.2) is 12.1 Å². The summed E-state index contributed by atoms with van der Waals surface area (Å²) in [7, 11) is 0. The van der Waals surface area contributed by atoms with Crippen LogP contribution in [-0.2, 0) is 17.9 Å². The second-order valence-electron chi connectivity index (χ2n) is 9.75. The van der Waals surface area contributed by atoms with Gasteiger partial charge < -0.3 is 20.0 Å². The zero-order valence-corrected chi connectivity index (χ0v) is 21.8. The first-order valence-corrected chi connectivity index (χ1v) is 12.7. The molecule has 1 aromatic carbocycles. The Bertz CT molecular complexity index is 1240. The fourth-order valence-electron chi connectivity index (χ4n) is 4.00. The van der Waals surface area contributed by atoms with Crippen molar-refractivity contribution in [3.63, 3.8) is 0 Å². The van der Waals surface area contributed by atoms with Crippen LogP contribution >= 0.6 is 0 Å². The molecule has 1 aliphatic rings. The van der Waals surface area contributed by atoms with Crippen LogP contribution in [0.1, 0.15) is 92.3 Å². The molecule has 13 heteroatoms. The van der Waals surface area contributed by atoms with Crippen molar-refractivity contribution >= 4 is 22.8 Å². The van der Waals surface area contributed by atoms with Crippen LogP contribution in [0.3, 0.4) is 0 Å². The number of rotatable bonds is 8. The summed E-state index contributed by atoms with van der Waals surface area (Å²) in [6, 6.07) is 5.19. The molecule has 0 unspecified atom stereocenters. The first kappa shape index (κ1) is 30.0. The van der Waals surface area contributed by atoms with Gasteiger partial charge in [-0.05, 0) is 30.5 Å². The van der Waals surface area contributed by atoms with Gasteiger partial charge in [0.05, 0.1) is 24.0 Å². The molecule has 2 heterocycles. The monoisotopic (exact) mass is 557 g/mol. The number of fused-ring (bicyclic) bond motifs is 1. The number of carbonyl (C=O) groups is 2. The van der Waals surface area contributed by atoms with Gasteiger partial charge in [-0.15, -0.1) is 0 Å². The van der Waals surface area contributed by atoms with Gasteiger partial charge in [0, 0.05) is 31.7 Å². The molecule has 39 heavy (non-hydrogen) atoms. The molecule has 1 aliphatic carbocycles. The summed E-state index contributed by atoms with van der Waals surface area (Å²) in [4.78, 5) is 35.3. The summed E-state index contributed by atoms with van der Waals surface area (Å²) in [6.07, 6.45) is -2.23. The number of alkyl halides is 5. The molecule has 0 radical (unpaired) electrons. The van der Waals surface area contributed by atoms with E-state index in [-0.39, 0.29) is 43.5 Å². The van der Waals surface area contributed by atoms with Gasteiger partial charge in [-0.25, -0.2) is 18.7 Å². The van der Waals surface area contributed by atoms with Crippen molar-refractivity contribution < 1.29 is 36.0 Å². The Morgan fingerprint density at radius 1 is 1.10 bits per heavy atom. The summed E-state index contributed by atoms with van der Waals surface area (Å²) >= 11 is 0. The lowest BCUT2D eigenvalue weighted by atomic mass is 9.97. The summed E-state index contributed by atoms with van der Waals surface area (Å²) in [5.41, 5.74) is 2.27. The molecular weight excluding hydrogens is 525 g/mol. The maximum atomic E-state index is 12.4. The lowest BCUT2D eigenvalue weighted by molar-refractivity contribution is -0.144. The topological polar surface area (TPSA) is 113 Å². The average molecular weight is 558 g/mol. The number of halogens is 5. The van der Waals surface area contributed by atoms with Gasteiger partial charge in [0.1, 0.15) is 11.6 Å². The lowest BCUT2D eigenvalue weighted by Crippen LogP contribution is -2.25. The molecule has 0 bridgehead atoms. The predicted molar refractivity (Wildman–Crippen MR) is 133 cm³/mol. The zero-order valence-electron chi connectivity index (χ0n) is 21.8. The smallest absolute Gasteiger partial charge is 0.389 e. The maximum Gasteiger partial charge on any atom is 0.389 e. The molecule has 8 nitrogen and oxygen atoms in total. The van der Waals surface area contributed by atoms with Gasteiger partial charge in [0.2, 0.25) is 11.8 Å². The molecule has 3 aromatic rings. The number of aromatic amines is 1. The third kappa shape index (κ3) is 9.63. The number of imidazole rings is 1. The van der Waals surface area contributed by atoms with Crippen LogP contribution in [-0.4, -0.2) is 38.9 Å². The third-order valence-electron chi connectivity index (χ3n) is 6.06. The highest BCUT2D eigenvalue weighted by molar-refractivity contribution is 5.93. The zero-order chi connectivity index (χ0) is 28.6. The van der Waals surface area contributed by atoms with Crippen molar-refractivity contribution in [3.8, 4) is 0 Å². The number of H-pyrrole nitrogens is 1. The highest BCUT2D eigenvalue weighted by Crippen LogP contribution is 2.32. The van der Waals surface area contributed by atoms with Crippen molar-refractivity contribution in [2.24, 2.45) is 0 Å². The summed E-state index contributed by atoms with van der Waals surface area (Å²) in [5, 5.41) is 5.20. The number of nitrogens with one attached hydrogen (secondary N) is 3. The largest absolute Gasteiger partial charge is 0.447 e. The molecule has 0 atom stereocenters. The van der Waals surface area contributed by atoms with Gasteiger partial charge in [0.25, 0.3) is 5.91 Å². The minimum absolute atomic E-state index is 0.0156. The summed E-state index contributed by atoms with van der Waals surface area (Å²) in [6.45, 7) is 4.03. The van der Waals surface area contributed by atoms with Crippen LogP contribution in [0, 0.1) is 0 Å². The SMILES string of the molecule is CC(C)c1ocnc1C(=O)NCc1nc2ccc(CNC(=O)CCC(F)(F)F)cc2[nH]1.FC1(F)CCCCC1. The van der Waals surface area contributed by atoms with Crippen molar-refractivity contribution in [1.29, 1.82) is 0 Å². The Labute approximate surface area is 222 Å². The number of nitrogens with zero attached hydrogens (tertiary/aromatic N) is 2. The van der Waals surface area contributed by atoms with Crippen molar-refractivity contribution in [2.75, 3.05) is 0 Å². The molecule has 3 N–H and O–H groups in total. The van der Waals surface area contributed by atoms with Crippen LogP contribution in [0.4, 0.5) is 22.0 Å². The Balaban J connectivity index is 0.000000449. The van der Waals surface area contributed by atoms with E-state index in [4.69, 9.17) is 4.42 Å². The number of hydrogen-bond acceptors (Lipinski definition) is 5. The van der Waals surface area contributed by atoms with Crippen molar-refractivity contribution in [1.82, 2.24) is 25.6 Å². The quantitative estimate of drug-likeness (QED) is 0.288. The number of hydrogen-bond donors (Lipinski definition) is 3. The van der Waals surface area contributed by atoms with E-state index in [0.29, 0.717) is 41.0 Å². The highest BCUT2D eigenvalue weighted by Gasteiger charge is 2.30. The first-order chi connectivity index (χ1) is 18.3. The summed E-state index contributed by atoms with van der Waals surface area (Å²) < 4.78 is 66.2. The number of aromatic nitrogens is 3. The van der Waals surface area contributed by atoms with Gasteiger partial charge in [-0.1, -0.05) is 26.3 Å². The van der Waals surface area contributed by atoms with Crippen LogP contribution in [0.15, 0.2) is 29.0 Å². The molecule has 4 rings (SSSR count). The van der Waals surface area contributed by atoms with Crippen LogP contribution in [0.2, 0.25) is 0 Å². The molecule has 0 saturated heterocycles. The minimum atomic E-state index is -4.36. The number of oxazole rings is 1. The Morgan fingerprint density at radius 3 is 2.44 bits per heavy atom. The van der Waals surface area contributed by atoms with Crippen molar-refractivity contribution in [3.05, 3.63) is 47.4 Å². The van der Waals surface area contributed by atoms with Crippen LogP contribution in [0.5, 0.6) is 0 Å². The van der Waals surface area contributed by atoms with E-state index < -0.39 is 30.8 Å². The van der Waals surface area contributed by atoms with Crippen LogP contribution < -0.4 is 10.6 Å². The standard InChI is InChI=1S/C20H22F3N5O3.C6H10F2/c1-11(2)18-17(26-10-31-18)19(30)25-9-15-27-13-4-3-12(7-14(13)28-15)8-24-16(29)5-6-20(21,22)23;7-6(8)4-2-1-3-5-6/h3-4,7,10-11H,5-6,8-9H2,1-2H3,(H,24,29)(H,25,30)(H,27,28);1-5H2. The lowest BCUT2D eigenvalue weighted by Gasteiger charge is -2.20. The fourth-order valence-corrected chi connectivity index (χ4v) is 4.00. The van der Waals surface area contributed by atoms with E-state index in [1.165, 1.54) is 6.39 Å². The minimum Gasteiger partial charge on any atom is -0.447 e.